The highest BCUT2D eigenvalue weighted by atomic mass is 16.5. The number of amides is 2. The van der Waals surface area contributed by atoms with E-state index in [2.05, 4.69) is 15.4 Å². The lowest BCUT2D eigenvalue weighted by Crippen LogP contribution is -2.42. The van der Waals surface area contributed by atoms with Crippen LogP contribution in [0.3, 0.4) is 0 Å². The van der Waals surface area contributed by atoms with E-state index < -0.39 is 17.4 Å². The molecule has 1 aromatic heterocycles. The second kappa shape index (κ2) is 6.52. The van der Waals surface area contributed by atoms with Crippen molar-refractivity contribution in [2.75, 3.05) is 11.9 Å². The van der Waals surface area contributed by atoms with Crippen molar-refractivity contribution in [2.45, 2.75) is 38.1 Å². The molecule has 0 saturated carbocycles. The third-order valence-electron chi connectivity index (χ3n) is 6.09. The Kier molecular flexibility index (Phi) is 4.06. The average Bonchev–Trinajstić information content (AvgIpc) is 3.45. The average molecular weight is 393 g/mol. The smallest absolute Gasteiger partial charge is 0.231 e. The SMILES string of the molecule is CC(C)N1C[C@@]23C=C[C@@H](O2)[C@H](C(=O)Nc2ccc(Cn4cncn4)cc2)[C@@H]3C1=O. The number of anilines is 1. The van der Waals surface area contributed by atoms with Crippen molar-refractivity contribution in [3.05, 3.63) is 54.6 Å². The van der Waals surface area contributed by atoms with Crippen molar-refractivity contribution in [3.63, 3.8) is 0 Å². The first-order valence-electron chi connectivity index (χ1n) is 9.87. The van der Waals surface area contributed by atoms with E-state index in [1.165, 1.54) is 6.33 Å². The molecule has 0 unspecified atom stereocenters. The fourth-order valence-electron chi connectivity index (χ4n) is 4.69. The van der Waals surface area contributed by atoms with Gasteiger partial charge in [0.25, 0.3) is 0 Å². The maximum Gasteiger partial charge on any atom is 0.231 e. The standard InChI is InChI=1S/C21H23N5O3/c1-13(2)26-10-21-8-7-16(29-21)17(18(21)20(26)28)19(27)24-15-5-3-14(4-6-15)9-25-12-22-11-23-25/h3-8,11-13,16-18H,9-10H2,1-2H3,(H,24,27)/t16-,17+,18-,21-/m1/s1. The molecule has 2 aromatic rings. The number of ether oxygens (including phenoxy) is 1. The van der Waals surface area contributed by atoms with Crippen molar-refractivity contribution >= 4 is 17.5 Å². The van der Waals surface area contributed by atoms with Crippen molar-refractivity contribution in [1.29, 1.82) is 0 Å². The number of nitrogens with one attached hydrogen (secondary N) is 1. The van der Waals surface area contributed by atoms with E-state index >= 15 is 0 Å². The molecule has 2 fully saturated rings. The number of benzene rings is 1. The van der Waals surface area contributed by atoms with Crippen LogP contribution in [0.4, 0.5) is 5.69 Å². The van der Waals surface area contributed by atoms with Gasteiger partial charge >= 0.3 is 0 Å². The highest BCUT2D eigenvalue weighted by Gasteiger charge is 2.67. The first kappa shape index (κ1) is 18.1. The minimum Gasteiger partial charge on any atom is -0.360 e. The van der Waals surface area contributed by atoms with Crippen LogP contribution in [-0.4, -0.2) is 55.8 Å². The van der Waals surface area contributed by atoms with Gasteiger partial charge in [-0.2, -0.15) is 5.10 Å². The van der Waals surface area contributed by atoms with Gasteiger partial charge in [-0.25, -0.2) is 9.67 Å². The Bertz CT molecular complexity index is 969. The number of hydrogen-bond donors (Lipinski definition) is 1. The van der Waals surface area contributed by atoms with Crippen LogP contribution in [0, 0.1) is 11.8 Å². The van der Waals surface area contributed by atoms with Crippen molar-refractivity contribution < 1.29 is 14.3 Å². The predicted octanol–water partition coefficient (Wildman–Crippen LogP) is 1.46. The lowest BCUT2D eigenvalue weighted by atomic mass is 9.76. The van der Waals surface area contributed by atoms with Gasteiger partial charge in [-0.3, -0.25) is 9.59 Å². The summed E-state index contributed by atoms with van der Waals surface area (Å²) in [6.07, 6.45) is 6.72. The van der Waals surface area contributed by atoms with Gasteiger partial charge in [0.2, 0.25) is 11.8 Å². The zero-order valence-corrected chi connectivity index (χ0v) is 16.4. The second-order valence-electron chi connectivity index (χ2n) is 8.24. The molecule has 4 atom stereocenters. The van der Waals surface area contributed by atoms with E-state index in [1.54, 1.807) is 11.0 Å². The number of hydrogen-bond acceptors (Lipinski definition) is 5. The van der Waals surface area contributed by atoms with Crippen LogP contribution < -0.4 is 5.32 Å². The third-order valence-corrected chi connectivity index (χ3v) is 6.09. The summed E-state index contributed by atoms with van der Waals surface area (Å²) in [6.45, 7) is 5.10. The Morgan fingerprint density at radius 1 is 1.34 bits per heavy atom. The predicted molar refractivity (Wildman–Crippen MR) is 105 cm³/mol. The summed E-state index contributed by atoms with van der Waals surface area (Å²) < 4.78 is 7.87. The largest absolute Gasteiger partial charge is 0.360 e. The normalized spacial score (nSPS) is 29.7. The maximum atomic E-state index is 13.1. The Morgan fingerprint density at radius 3 is 2.83 bits per heavy atom. The number of carbonyl (C=O) groups excluding carboxylic acids is 2. The summed E-state index contributed by atoms with van der Waals surface area (Å²) in [7, 11) is 0. The number of fused-ring (bicyclic) bond motifs is 1. The fraction of sp³-hybridized carbons (Fsp3) is 0.429. The van der Waals surface area contributed by atoms with Gasteiger partial charge < -0.3 is 15.0 Å². The Labute approximate surface area is 168 Å². The molecule has 5 rings (SSSR count). The third kappa shape index (κ3) is 2.86. The van der Waals surface area contributed by atoms with Crippen LogP contribution in [0.25, 0.3) is 0 Å². The topological polar surface area (TPSA) is 89.3 Å². The van der Waals surface area contributed by atoms with Crippen LogP contribution in [0.1, 0.15) is 19.4 Å². The zero-order valence-electron chi connectivity index (χ0n) is 16.4. The van der Waals surface area contributed by atoms with E-state index in [1.807, 2.05) is 55.2 Å². The minimum absolute atomic E-state index is 0.00943. The van der Waals surface area contributed by atoms with Crippen LogP contribution in [0.5, 0.6) is 0 Å². The molecule has 0 radical (unpaired) electrons. The van der Waals surface area contributed by atoms with E-state index in [-0.39, 0.29) is 24.0 Å². The molecular weight excluding hydrogens is 370 g/mol. The van der Waals surface area contributed by atoms with E-state index in [0.717, 1.165) is 5.56 Å². The highest BCUT2D eigenvalue weighted by Crippen LogP contribution is 2.52. The van der Waals surface area contributed by atoms with Crippen LogP contribution >= 0.6 is 0 Å². The van der Waals surface area contributed by atoms with E-state index in [9.17, 15) is 9.59 Å². The van der Waals surface area contributed by atoms with Gasteiger partial charge in [-0.1, -0.05) is 24.3 Å². The highest BCUT2D eigenvalue weighted by molar-refractivity contribution is 5.99. The van der Waals surface area contributed by atoms with Crippen LogP contribution in [-0.2, 0) is 20.9 Å². The monoisotopic (exact) mass is 393 g/mol. The summed E-state index contributed by atoms with van der Waals surface area (Å²) in [5, 5.41) is 7.06. The first-order valence-corrected chi connectivity index (χ1v) is 9.87. The zero-order chi connectivity index (χ0) is 20.2. The molecule has 1 N–H and O–H groups in total. The molecular formula is C21H23N5O3. The van der Waals surface area contributed by atoms with Gasteiger partial charge in [-0.15, -0.1) is 0 Å². The quantitative estimate of drug-likeness (QED) is 0.777. The summed E-state index contributed by atoms with van der Waals surface area (Å²) in [5.74, 6) is -1.12. The Balaban J connectivity index is 1.31. The Hall–Kier alpha value is -3.00. The lowest BCUT2D eigenvalue weighted by Gasteiger charge is -2.24. The molecule has 1 aromatic carbocycles. The van der Waals surface area contributed by atoms with Crippen molar-refractivity contribution in [1.82, 2.24) is 19.7 Å². The molecule has 0 aliphatic carbocycles. The van der Waals surface area contributed by atoms with Crippen LogP contribution in [0.15, 0.2) is 49.1 Å². The number of rotatable bonds is 5. The van der Waals surface area contributed by atoms with E-state index in [4.69, 9.17) is 4.74 Å². The molecule has 8 nitrogen and oxygen atoms in total. The summed E-state index contributed by atoms with van der Waals surface area (Å²) >= 11 is 0. The lowest BCUT2D eigenvalue weighted by molar-refractivity contribution is -0.136. The molecule has 3 aliphatic rings. The van der Waals surface area contributed by atoms with Gasteiger partial charge in [0.1, 0.15) is 18.3 Å². The van der Waals surface area contributed by atoms with E-state index in [0.29, 0.717) is 18.8 Å². The minimum atomic E-state index is -0.657. The molecule has 29 heavy (non-hydrogen) atoms. The van der Waals surface area contributed by atoms with Gasteiger partial charge in [-0.05, 0) is 31.5 Å². The molecule has 2 amide bonds. The summed E-state index contributed by atoms with van der Waals surface area (Å²) in [5.41, 5.74) is 1.09. The molecule has 4 heterocycles. The number of likely N-dealkylation sites (tertiary alicyclic amines) is 1. The van der Waals surface area contributed by atoms with Crippen molar-refractivity contribution in [2.24, 2.45) is 11.8 Å². The molecule has 8 heteroatoms. The van der Waals surface area contributed by atoms with Gasteiger partial charge in [0.15, 0.2) is 0 Å². The molecule has 1 spiro atoms. The van der Waals surface area contributed by atoms with Crippen LogP contribution in [0.2, 0.25) is 0 Å². The second-order valence-corrected chi connectivity index (χ2v) is 8.24. The Morgan fingerprint density at radius 2 is 2.14 bits per heavy atom. The molecule has 2 bridgehead atoms. The summed E-state index contributed by atoms with van der Waals surface area (Å²) in [4.78, 5) is 31.8. The maximum absolute atomic E-state index is 13.1. The van der Waals surface area contributed by atoms with Gasteiger partial charge in [0, 0.05) is 11.7 Å². The first-order chi connectivity index (χ1) is 14.0. The number of nitrogens with zero attached hydrogens (tertiary/aromatic N) is 4. The number of aromatic nitrogens is 3. The molecule has 2 saturated heterocycles. The number of carbonyl (C=O) groups is 2. The summed E-state index contributed by atoms with van der Waals surface area (Å²) in [6, 6.07) is 7.69. The van der Waals surface area contributed by atoms with Gasteiger partial charge in [0.05, 0.1) is 31.0 Å². The molecule has 3 aliphatic heterocycles. The van der Waals surface area contributed by atoms with Crippen molar-refractivity contribution in [3.8, 4) is 0 Å². The fourth-order valence-corrected chi connectivity index (χ4v) is 4.69. The molecule has 150 valence electrons.